The smallest absolute Gasteiger partial charge is 0.223 e. The van der Waals surface area contributed by atoms with Crippen LogP contribution in [0.4, 0.5) is 0 Å². The van der Waals surface area contributed by atoms with Crippen molar-refractivity contribution in [2.75, 3.05) is 0 Å². The maximum absolute atomic E-state index is 5.81. The first-order chi connectivity index (χ1) is 8.60. The van der Waals surface area contributed by atoms with Crippen LogP contribution in [0.2, 0.25) is 0 Å². The van der Waals surface area contributed by atoms with Gasteiger partial charge in [-0.25, -0.2) is 4.98 Å². The van der Waals surface area contributed by atoms with Crippen LogP contribution in [0.25, 0.3) is 0 Å². The molecular weight excluding hydrogens is 360 g/mol. The van der Waals surface area contributed by atoms with Crippen molar-refractivity contribution in [3.8, 4) is 11.6 Å². The van der Waals surface area contributed by atoms with Crippen LogP contribution < -0.4 is 10.5 Å². The summed E-state index contributed by atoms with van der Waals surface area (Å²) >= 11 is 6.79. The molecule has 94 valence electrons. The predicted molar refractivity (Wildman–Crippen MR) is 78.8 cm³/mol. The molecule has 0 radical (unpaired) electrons. The van der Waals surface area contributed by atoms with Gasteiger partial charge in [-0.2, -0.15) is 0 Å². The maximum atomic E-state index is 5.81. The molecule has 2 aromatic rings. The third kappa shape index (κ3) is 3.10. The molecule has 0 amide bonds. The second-order valence-electron chi connectivity index (χ2n) is 3.83. The van der Waals surface area contributed by atoms with Gasteiger partial charge in [-0.1, -0.05) is 15.9 Å². The molecule has 0 unspecified atom stereocenters. The number of halogens is 2. The quantitative estimate of drug-likeness (QED) is 0.880. The fourth-order valence-electron chi connectivity index (χ4n) is 1.54. The van der Waals surface area contributed by atoms with E-state index in [1.165, 1.54) is 0 Å². The van der Waals surface area contributed by atoms with Crippen LogP contribution in [0.5, 0.6) is 11.6 Å². The number of aryl methyl sites for hydroxylation is 1. The lowest BCUT2D eigenvalue weighted by molar-refractivity contribution is 0.452. The molecule has 1 aromatic heterocycles. The van der Waals surface area contributed by atoms with E-state index >= 15 is 0 Å². The van der Waals surface area contributed by atoms with Gasteiger partial charge in [0, 0.05) is 27.3 Å². The molecule has 0 fully saturated rings. The summed E-state index contributed by atoms with van der Waals surface area (Å²) in [5, 5.41) is 0. The molecule has 1 heterocycles. The fourth-order valence-corrected chi connectivity index (χ4v) is 2.39. The number of hydrogen-bond acceptors (Lipinski definition) is 3. The molecule has 2 N–H and O–H groups in total. The van der Waals surface area contributed by atoms with Crippen molar-refractivity contribution in [2.24, 2.45) is 5.73 Å². The van der Waals surface area contributed by atoms with E-state index in [0.717, 1.165) is 25.8 Å². The zero-order chi connectivity index (χ0) is 13.1. The Morgan fingerprint density at radius 2 is 2.00 bits per heavy atom. The van der Waals surface area contributed by atoms with Crippen LogP contribution >= 0.6 is 31.9 Å². The fraction of sp³-hybridized carbons (Fsp3) is 0.154. The van der Waals surface area contributed by atoms with Gasteiger partial charge < -0.3 is 10.5 Å². The minimum atomic E-state index is 0.386. The Hall–Kier alpha value is -0.910. The first kappa shape index (κ1) is 13.5. The molecule has 0 atom stereocenters. The molecule has 0 spiro atoms. The van der Waals surface area contributed by atoms with Crippen molar-refractivity contribution in [1.82, 2.24) is 4.98 Å². The van der Waals surface area contributed by atoms with Gasteiger partial charge in [0.25, 0.3) is 0 Å². The first-order valence-corrected chi connectivity index (χ1v) is 6.97. The lowest BCUT2D eigenvalue weighted by Gasteiger charge is -2.11. The molecule has 0 aliphatic rings. The molecule has 0 saturated heterocycles. The topological polar surface area (TPSA) is 48.1 Å². The lowest BCUT2D eigenvalue weighted by atomic mass is 10.2. The van der Waals surface area contributed by atoms with Crippen molar-refractivity contribution in [1.29, 1.82) is 0 Å². The Bertz CT molecular complexity index is 573. The monoisotopic (exact) mass is 370 g/mol. The minimum Gasteiger partial charge on any atom is -0.438 e. The number of hydrogen-bond donors (Lipinski definition) is 1. The van der Waals surface area contributed by atoms with Gasteiger partial charge in [-0.15, -0.1) is 0 Å². The van der Waals surface area contributed by atoms with Crippen molar-refractivity contribution >= 4 is 31.9 Å². The summed E-state index contributed by atoms with van der Waals surface area (Å²) in [6.45, 7) is 2.37. The molecule has 0 saturated carbocycles. The van der Waals surface area contributed by atoms with E-state index in [1.807, 2.05) is 31.2 Å². The van der Waals surface area contributed by atoms with Crippen molar-refractivity contribution in [3.05, 3.63) is 50.5 Å². The number of rotatable bonds is 3. The summed E-state index contributed by atoms with van der Waals surface area (Å²) in [6.07, 6.45) is 1.70. The van der Waals surface area contributed by atoms with Gasteiger partial charge in [0.05, 0.1) is 0 Å². The second-order valence-corrected chi connectivity index (χ2v) is 5.67. The Kier molecular flexibility index (Phi) is 4.37. The molecule has 0 aliphatic heterocycles. The summed E-state index contributed by atoms with van der Waals surface area (Å²) in [6, 6.07) is 7.75. The molecule has 18 heavy (non-hydrogen) atoms. The SMILES string of the molecule is Cc1cc(Br)ccc1Oc1ncc(Br)cc1CN. The summed E-state index contributed by atoms with van der Waals surface area (Å²) in [7, 11) is 0. The van der Waals surface area contributed by atoms with Crippen molar-refractivity contribution in [2.45, 2.75) is 13.5 Å². The van der Waals surface area contributed by atoms with Crippen LogP contribution in [-0.4, -0.2) is 4.98 Å². The number of nitrogens with two attached hydrogens (primary N) is 1. The van der Waals surface area contributed by atoms with Gasteiger partial charge in [0.2, 0.25) is 5.88 Å². The van der Waals surface area contributed by atoms with E-state index in [0.29, 0.717) is 12.4 Å². The summed E-state index contributed by atoms with van der Waals surface area (Å²) < 4.78 is 7.72. The van der Waals surface area contributed by atoms with E-state index in [4.69, 9.17) is 10.5 Å². The van der Waals surface area contributed by atoms with Gasteiger partial charge in [0.15, 0.2) is 0 Å². The van der Waals surface area contributed by atoms with Crippen molar-refractivity contribution < 1.29 is 4.74 Å². The Morgan fingerprint density at radius 1 is 1.22 bits per heavy atom. The number of nitrogens with zero attached hydrogens (tertiary/aromatic N) is 1. The summed E-state index contributed by atoms with van der Waals surface area (Å²) in [4.78, 5) is 4.25. The Labute approximate surface area is 123 Å². The standard InChI is InChI=1S/C13H12Br2N2O/c1-8-4-10(14)2-3-12(8)18-13-9(6-16)5-11(15)7-17-13/h2-5,7H,6,16H2,1H3. The minimum absolute atomic E-state index is 0.386. The van der Waals surface area contributed by atoms with Crippen LogP contribution in [-0.2, 0) is 6.54 Å². The zero-order valence-electron chi connectivity index (χ0n) is 9.78. The van der Waals surface area contributed by atoms with Crippen LogP contribution in [0.15, 0.2) is 39.4 Å². The molecule has 5 heteroatoms. The highest BCUT2D eigenvalue weighted by Gasteiger charge is 2.08. The normalized spacial score (nSPS) is 10.4. The summed E-state index contributed by atoms with van der Waals surface area (Å²) in [5.74, 6) is 1.33. The molecule has 0 aliphatic carbocycles. The van der Waals surface area contributed by atoms with Gasteiger partial charge in [-0.3, -0.25) is 0 Å². The Balaban J connectivity index is 2.33. The first-order valence-electron chi connectivity index (χ1n) is 5.38. The highest BCUT2D eigenvalue weighted by atomic mass is 79.9. The largest absolute Gasteiger partial charge is 0.438 e. The highest BCUT2D eigenvalue weighted by molar-refractivity contribution is 9.10. The van der Waals surface area contributed by atoms with E-state index in [9.17, 15) is 0 Å². The average molecular weight is 372 g/mol. The van der Waals surface area contributed by atoms with Crippen LogP contribution in [0, 0.1) is 6.92 Å². The number of ether oxygens (including phenoxy) is 1. The van der Waals surface area contributed by atoms with Crippen molar-refractivity contribution in [3.63, 3.8) is 0 Å². The summed E-state index contributed by atoms with van der Waals surface area (Å²) in [5.41, 5.74) is 7.59. The number of aromatic nitrogens is 1. The average Bonchev–Trinajstić information content (AvgIpc) is 2.34. The van der Waals surface area contributed by atoms with Crippen LogP contribution in [0.3, 0.4) is 0 Å². The molecule has 1 aromatic carbocycles. The maximum Gasteiger partial charge on any atom is 0.223 e. The van der Waals surface area contributed by atoms with Gasteiger partial charge in [-0.05, 0) is 52.7 Å². The van der Waals surface area contributed by atoms with E-state index < -0.39 is 0 Å². The van der Waals surface area contributed by atoms with Crippen LogP contribution in [0.1, 0.15) is 11.1 Å². The Morgan fingerprint density at radius 3 is 2.67 bits per heavy atom. The molecular formula is C13H12Br2N2O. The molecule has 0 bridgehead atoms. The zero-order valence-corrected chi connectivity index (χ0v) is 13.0. The van der Waals surface area contributed by atoms with E-state index in [1.54, 1.807) is 6.20 Å². The molecule has 2 rings (SSSR count). The second kappa shape index (κ2) is 5.82. The van der Waals surface area contributed by atoms with E-state index in [2.05, 4.69) is 36.8 Å². The third-order valence-electron chi connectivity index (χ3n) is 2.46. The van der Waals surface area contributed by atoms with Gasteiger partial charge in [0.1, 0.15) is 5.75 Å². The van der Waals surface area contributed by atoms with Gasteiger partial charge >= 0.3 is 0 Å². The van der Waals surface area contributed by atoms with E-state index in [-0.39, 0.29) is 0 Å². The number of benzene rings is 1. The lowest BCUT2D eigenvalue weighted by Crippen LogP contribution is -2.01. The predicted octanol–water partition coefficient (Wildman–Crippen LogP) is 4.17. The molecule has 3 nitrogen and oxygen atoms in total. The number of pyridine rings is 1. The third-order valence-corrected chi connectivity index (χ3v) is 3.38. The highest BCUT2D eigenvalue weighted by Crippen LogP contribution is 2.29.